The van der Waals surface area contributed by atoms with Crippen LogP contribution >= 0.6 is 23.2 Å². The van der Waals surface area contributed by atoms with E-state index in [2.05, 4.69) is 20.6 Å². The van der Waals surface area contributed by atoms with E-state index in [9.17, 15) is 14.4 Å². The number of halogens is 2. The fourth-order valence-corrected chi connectivity index (χ4v) is 3.94. The van der Waals surface area contributed by atoms with Gasteiger partial charge in [0.15, 0.2) is 0 Å². The minimum absolute atomic E-state index is 0.139. The molecule has 152 valence electrons. The van der Waals surface area contributed by atoms with Crippen molar-refractivity contribution in [3.05, 3.63) is 44.2 Å². The predicted molar refractivity (Wildman–Crippen MR) is 112 cm³/mol. The summed E-state index contributed by atoms with van der Waals surface area (Å²) in [6, 6.07) is 4.66. The number of H-pyrrole nitrogens is 1. The highest BCUT2D eigenvalue weighted by atomic mass is 35.5. The second-order valence-corrected chi connectivity index (χ2v) is 7.94. The molecule has 4 rings (SSSR count). The van der Waals surface area contributed by atoms with Crippen molar-refractivity contribution in [3.63, 3.8) is 0 Å². The standard InChI is InChI=1S/C19H19Cl2N5O3/c20-12-5-4-10(8-13(12)21)22-17(28)11-9-14(27)23-16-15(11)18(29)25-19(24-16)26-6-2-1-3-7-26/h4-5,8,11H,1-3,6-7,9H2,(H,22,28)(H2,23,24,25,27,29)/t11-/m0/s1. The van der Waals surface area contributed by atoms with Gasteiger partial charge in [-0.15, -0.1) is 0 Å². The molecular formula is C19H19Cl2N5O3. The lowest BCUT2D eigenvalue weighted by atomic mass is 9.92. The Labute approximate surface area is 176 Å². The highest BCUT2D eigenvalue weighted by molar-refractivity contribution is 6.42. The van der Waals surface area contributed by atoms with Crippen LogP contribution in [0.15, 0.2) is 23.0 Å². The Morgan fingerprint density at radius 3 is 2.62 bits per heavy atom. The van der Waals surface area contributed by atoms with Gasteiger partial charge < -0.3 is 15.5 Å². The first-order valence-corrected chi connectivity index (χ1v) is 10.1. The number of fused-ring (bicyclic) bond motifs is 1. The quantitative estimate of drug-likeness (QED) is 0.686. The van der Waals surface area contributed by atoms with E-state index in [-0.39, 0.29) is 28.7 Å². The minimum atomic E-state index is -0.958. The van der Waals surface area contributed by atoms with Gasteiger partial charge in [-0.1, -0.05) is 23.2 Å². The second kappa shape index (κ2) is 8.04. The number of amides is 2. The van der Waals surface area contributed by atoms with Gasteiger partial charge in [0.25, 0.3) is 5.56 Å². The summed E-state index contributed by atoms with van der Waals surface area (Å²) in [6.07, 6.45) is 3.02. The van der Waals surface area contributed by atoms with Gasteiger partial charge in [0.2, 0.25) is 17.8 Å². The summed E-state index contributed by atoms with van der Waals surface area (Å²) in [5, 5.41) is 5.97. The number of aromatic nitrogens is 2. The number of carbonyl (C=O) groups excluding carboxylic acids is 2. The molecule has 0 saturated carbocycles. The van der Waals surface area contributed by atoms with E-state index in [0.29, 0.717) is 16.7 Å². The zero-order valence-corrected chi connectivity index (χ0v) is 16.9. The molecule has 1 saturated heterocycles. The average Bonchev–Trinajstić information content (AvgIpc) is 2.70. The summed E-state index contributed by atoms with van der Waals surface area (Å²) in [7, 11) is 0. The van der Waals surface area contributed by atoms with Crippen molar-refractivity contribution in [2.24, 2.45) is 0 Å². The number of piperidine rings is 1. The first kappa shape index (κ1) is 19.7. The van der Waals surface area contributed by atoms with Gasteiger partial charge in [0.1, 0.15) is 5.82 Å². The summed E-state index contributed by atoms with van der Waals surface area (Å²) in [5.41, 5.74) is 0.152. The van der Waals surface area contributed by atoms with E-state index in [1.54, 1.807) is 12.1 Å². The van der Waals surface area contributed by atoms with Crippen molar-refractivity contribution in [2.75, 3.05) is 28.6 Å². The number of benzene rings is 1. The van der Waals surface area contributed by atoms with Gasteiger partial charge in [-0.3, -0.25) is 19.4 Å². The third-order valence-electron chi connectivity index (χ3n) is 5.10. The highest BCUT2D eigenvalue weighted by Crippen LogP contribution is 2.31. The molecule has 3 N–H and O–H groups in total. The summed E-state index contributed by atoms with van der Waals surface area (Å²) in [5.74, 6) is -1.26. The monoisotopic (exact) mass is 435 g/mol. The second-order valence-electron chi connectivity index (χ2n) is 7.12. The maximum absolute atomic E-state index is 12.9. The molecule has 1 aromatic heterocycles. The maximum atomic E-state index is 12.9. The van der Waals surface area contributed by atoms with Crippen molar-refractivity contribution < 1.29 is 9.59 Å². The number of rotatable bonds is 3. The molecule has 2 amide bonds. The number of carbonyl (C=O) groups is 2. The lowest BCUT2D eigenvalue weighted by Crippen LogP contribution is -2.38. The molecule has 0 radical (unpaired) electrons. The Kier molecular flexibility index (Phi) is 5.47. The molecule has 0 spiro atoms. The first-order chi connectivity index (χ1) is 13.9. The zero-order valence-electron chi connectivity index (χ0n) is 15.4. The highest BCUT2D eigenvalue weighted by Gasteiger charge is 2.35. The van der Waals surface area contributed by atoms with E-state index in [0.717, 1.165) is 32.4 Å². The van der Waals surface area contributed by atoms with Crippen LogP contribution in [-0.2, 0) is 9.59 Å². The fourth-order valence-electron chi connectivity index (χ4n) is 3.64. The van der Waals surface area contributed by atoms with Crippen LogP contribution in [0, 0.1) is 0 Å². The van der Waals surface area contributed by atoms with Gasteiger partial charge >= 0.3 is 0 Å². The van der Waals surface area contributed by atoms with Crippen LogP contribution in [0.3, 0.4) is 0 Å². The van der Waals surface area contributed by atoms with Gasteiger partial charge in [0.05, 0.1) is 21.5 Å². The molecule has 0 aliphatic carbocycles. The molecule has 1 fully saturated rings. The molecule has 10 heteroatoms. The molecule has 1 atom stereocenters. The number of nitrogens with zero attached hydrogens (tertiary/aromatic N) is 2. The van der Waals surface area contributed by atoms with E-state index in [1.807, 2.05) is 4.90 Å². The summed E-state index contributed by atoms with van der Waals surface area (Å²) in [6.45, 7) is 1.58. The van der Waals surface area contributed by atoms with Crippen molar-refractivity contribution in [1.29, 1.82) is 0 Å². The Morgan fingerprint density at radius 2 is 1.90 bits per heavy atom. The molecule has 2 aromatic rings. The van der Waals surface area contributed by atoms with Gasteiger partial charge in [-0.25, -0.2) is 0 Å². The van der Waals surface area contributed by atoms with Crippen molar-refractivity contribution in [2.45, 2.75) is 31.6 Å². The molecule has 2 aliphatic heterocycles. The van der Waals surface area contributed by atoms with Gasteiger partial charge in [-0.05, 0) is 37.5 Å². The Balaban J connectivity index is 1.64. The lowest BCUT2D eigenvalue weighted by Gasteiger charge is -2.29. The Morgan fingerprint density at radius 1 is 1.14 bits per heavy atom. The van der Waals surface area contributed by atoms with Crippen molar-refractivity contribution in [3.8, 4) is 0 Å². The number of hydrogen-bond acceptors (Lipinski definition) is 5. The maximum Gasteiger partial charge on any atom is 0.258 e. The fraction of sp³-hybridized carbons (Fsp3) is 0.368. The number of aromatic amines is 1. The Hall–Kier alpha value is -2.58. The molecule has 8 nitrogen and oxygen atoms in total. The largest absolute Gasteiger partial charge is 0.342 e. The van der Waals surface area contributed by atoms with Gasteiger partial charge in [-0.2, -0.15) is 4.98 Å². The Bertz CT molecular complexity index is 1030. The molecule has 29 heavy (non-hydrogen) atoms. The molecular weight excluding hydrogens is 417 g/mol. The predicted octanol–water partition coefficient (Wildman–Crippen LogP) is 3.13. The third kappa shape index (κ3) is 4.09. The summed E-state index contributed by atoms with van der Waals surface area (Å²) >= 11 is 11.9. The van der Waals surface area contributed by atoms with E-state index >= 15 is 0 Å². The topological polar surface area (TPSA) is 107 Å². The van der Waals surface area contributed by atoms with Crippen molar-refractivity contribution >= 4 is 52.5 Å². The summed E-state index contributed by atoms with van der Waals surface area (Å²) in [4.78, 5) is 47.0. The van der Waals surface area contributed by atoms with E-state index in [1.165, 1.54) is 6.07 Å². The number of nitrogens with one attached hydrogen (secondary N) is 3. The average molecular weight is 436 g/mol. The normalized spacial score (nSPS) is 18.8. The third-order valence-corrected chi connectivity index (χ3v) is 5.84. The van der Waals surface area contributed by atoms with Crippen LogP contribution in [0.25, 0.3) is 0 Å². The van der Waals surface area contributed by atoms with Crippen LogP contribution in [0.5, 0.6) is 0 Å². The van der Waals surface area contributed by atoms with Crippen LogP contribution in [0.2, 0.25) is 10.0 Å². The molecule has 0 bridgehead atoms. The van der Waals surface area contributed by atoms with Crippen LogP contribution < -0.4 is 21.1 Å². The molecule has 2 aliphatic rings. The number of hydrogen-bond donors (Lipinski definition) is 3. The van der Waals surface area contributed by atoms with Crippen molar-refractivity contribution in [1.82, 2.24) is 9.97 Å². The zero-order chi connectivity index (χ0) is 20.5. The van der Waals surface area contributed by atoms with Crippen LogP contribution in [0.4, 0.5) is 17.5 Å². The number of anilines is 3. The van der Waals surface area contributed by atoms with Gasteiger partial charge in [0, 0.05) is 25.2 Å². The van der Waals surface area contributed by atoms with Crippen LogP contribution in [0.1, 0.15) is 37.2 Å². The summed E-state index contributed by atoms with van der Waals surface area (Å²) < 4.78 is 0. The molecule has 1 aromatic carbocycles. The smallest absolute Gasteiger partial charge is 0.258 e. The SMILES string of the molecule is O=C1C[C@H](C(=O)Nc2ccc(Cl)c(Cl)c2)c2c(nc(N3CCCCC3)[nH]c2=O)N1. The molecule has 0 unspecified atom stereocenters. The van der Waals surface area contributed by atoms with E-state index in [4.69, 9.17) is 23.2 Å². The minimum Gasteiger partial charge on any atom is -0.342 e. The lowest BCUT2D eigenvalue weighted by molar-refractivity contribution is -0.123. The molecule has 3 heterocycles. The van der Waals surface area contributed by atoms with E-state index < -0.39 is 17.4 Å². The van der Waals surface area contributed by atoms with Crippen LogP contribution in [-0.4, -0.2) is 34.9 Å². The first-order valence-electron chi connectivity index (χ1n) is 9.37.